The summed E-state index contributed by atoms with van der Waals surface area (Å²) in [5, 5.41) is 17.4. The number of nitrogen functional groups attached to an aromatic ring is 1. The zero-order chi connectivity index (χ0) is 16.0. The lowest BCUT2D eigenvalue weighted by atomic mass is 9.89. The van der Waals surface area contributed by atoms with Gasteiger partial charge in [-0.25, -0.2) is 4.68 Å². The smallest absolute Gasteiger partial charge is 0.254 e. The van der Waals surface area contributed by atoms with Gasteiger partial charge < -0.3 is 16.2 Å². The second kappa shape index (κ2) is 5.38. The van der Waals surface area contributed by atoms with Gasteiger partial charge in [0.15, 0.2) is 0 Å². The summed E-state index contributed by atoms with van der Waals surface area (Å²) in [6.07, 6.45) is 2.12. The molecule has 6 heteroatoms. The van der Waals surface area contributed by atoms with Crippen molar-refractivity contribution in [2.24, 2.45) is 0 Å². The zero-order valence-electron chi connectivity index (χ0n) is 12.8. The van der Waals surface area contributed by atoms with Gasteiger partial charge in [-0.3, -0.25) is 4.79 Å². The van der Waals surface area contributed by atoms with E-state index in [-0.39, 0.29) is 11.8 Å². The number of hydrogen-bond donors (Lipinski definition) is 3. The van der Waals surface area contributed by atoms with E-state index in [1.807, 2.05) is 24.3 Å². The fraction of sp³-hybridized carbons (Fsp3) is 0.412. The van der Waals surface area contributed by atoms with Gasteiger partial charge in [-0.15, -0.1) is 5.10 Å². The number of benzene rings is 1. The highest BCUT2D eigenvalue weighted by Gasteiger charge is 2.32. The first-order valence-corrected chi connectivity index (χ1v) is 8.06. The Bertz CT molecular complexity index is 768. The van der Waals surface area contributed by atoms with Crippen LogP contribution >= 0.6 is 0 Å². The van der Waals surface area contributed by atoms with Crippen molar-refractivity contribution >= 4 is 17.4 Å². The Morgan fingerprint density at radius 3 is 3.04 bits per heavy atom. The van der Waals surface area contributed by atoms with Crippen molar-refractivity contribution in [3.05, 3.63) is 41.1 Å². The molecule has 0 bridgehead atoms. The number of carbonyl (C=O) groups excluding carboxylic acids is 1. The number of aliphatic hydroxyl groups excluding tert-OH is 1. The average Bonchev–Trinajstić information content (AvgIpc) is 2.90. The summed E-state index contributed by atoms with van der Waals surface area (Å²) in [6.45, 7) is 0.769. The molecule has 0 saturated heterocycles. The summed E-state index contributed by atoms with van der Waals surface area (Å²) in [4.78, 5) is 13.1. The summed E-state index contributed by atoms with van der Waals surface area (Å²) >= 11 is 0. The summed E-state index contributed by atoms with van der Waals surface area (Å²) in [6, 6.07) is 7.91. The molecule has 2 aromatic rings. The van der Waals surface area contributed by atoms with Gasteiger partial charge in [-0.05, 0) is 30.9 Å². The molecule has 2 atom stereocenters. The van der Waals surface area contributed by atoms with Crippen LogP contribution in [-0.2, 0) is 12.8 Å². The molecule has 1 aromatic carbocycles. The molecule has 0 fully saturated rings. The van der Waals surface area contributed by atoms with Gasteiger partial charge in [-0.1, -0.05) is 18.2 Å². The lowest BCUT2D eigenvalue weighted by Crippen LogP contribution is -2.30. The lowest BCUT2D eigenvalue weighted by molar-refractivity contribution is 0.0848. The van der Waals surface area contributed by atoms with Crippen LogP contribution in [0.5, 0.6) is 0 Å². The molecule has 1 aliphatic carbocycles. The fourth-order valence-electron chi connectivity index (χ4n) is 3.68. The predicted octanol–water partition coefficient (Wildman–Crippen LogP) is 1.55. The van der Waals surface area contributed by atoms with Crippen molar-refractivity contribution in [3.8, 4) is 0 Å². The molecular formula is C17H20N4O2. The zero-order valence-corrected chi connectivity index (χ0v) is 12.8. The third kappa shape index (κ3) is 2.30. The Balaban J connectivity index is 1.73. The number of nitrogens with two attached hydrogens (primary N) is 1. The number of nitrogens with zero attached hydrogens (tertiary/aromatic N) is 2. The topological polar surface area (TPSA) is 93.2 Å². The van der Waals surface area contributed by atoms with Gasteiger partial charge in [0, 0.05) is 24.2 Å². The summed E-state index contributed by atoms with van der Waals surface area (Å²) < 4.78 is 1.49. The molecule has 2 aliphatic rings. The van der Waals surface area contributed by atoms with Gasteiger partial charge in [0.25, 0.3) is 5.91 Å². The number of carbonyl (C=O) groups is 1. The van der Waals surface area contributed by atoms with Crippen molar-refractivity contribution in [2.45, 2.75) is 37.7 Å². The van der Waals surface area contributed by atoms with E-state index in [1.54, 1.807) is 0 Å². The molecule has 0 radical (unpaired) electrons. The summed E-state index contributed by atoms with van der Waals surface area (Å²) in [5.41, 5.74) is 9.71. The second-order valence-electron chi connectivity index (χ2n) is 6.31. The molecule has 2 heterocycles. The molecule has 1 aromatic heterocycles. The van der Waals surface area contributed by atoms with Crippen molar-refractivity contribution in [1.82, 2.24) is 9.78 Å². The normalized spacial score (nSPS) is 22.8. The van der Waals surface area contributed by atoms with Crippen LogP contribution in [-0.4, -0.2) is 33.4 Å². The van der Waals surface area contributed by atoms with E-state index in [9.17, 15) is 9.90 Å². The minimum absolute atomic E-state index is 0.0247. The number of aliphatic hydroxyl groups is 1. The van der Waals surface area contributed by atoms with Crippen LogP contribution < -0.4 is 11.1 Å². The SMILES string of the molecule is Nc1nn(C(=O)C2CCNc3ccccc32)c2c1C[C@@H](O)CC2. The molecular weight excluding hydrogens is 292 g/mol. The van der Waals surface area contributed by atoms with Gasteiger partial charge in [-0.2, -0.15) is 0 Å². The Morgan fingerprint density at radius 1 is 1.35 bits per heavy atom. The molecule has 6 nitrogen and oxygen atoms in total. The van der Waals surface area contributed by atoms with Crippen LogP contribution in [0.25, 0.3) is 0 Å². The minimum Gasteiger partial charge on any atom is -0.393 e. The monoisotopic (exact) mass is 312 g/mol. The highest BCUT2D eigenvalue weighted by Crippen LogP contribution is 2.34. The third-order valence-electron chi connectivity index (χ3n) is 4.87. The molecule has 0 spiro atoms. The van der Waals surface area contributed by atoms with E-state index in [1.165, 1.54) is 4.68 Å². The number of rotatable bonds is 1. The standard InChI is InChI=1S/C17H20N4O2/c18-16-13-9-10(22)5-6-15(13)21(20-16)17(23)12-7-8-19-14-4-2-1-3-11(12)14/h1-4,10,12,19,22H,5-9H2,(H2,18,20)/t10-,12?/m0/s1. The number of fused-ring (bicyclic) bond motifs is 2. The van der Waals surface area contributed by atoms with E-state index in [0.29, 0.717) is 25.1 Å². The van der Waals surface area contributed by atoms with Crippen LogP contribution in [0.15, 0.2) is 24.3 Å². The van der Waals surface area contributed by atoms with Crippen LogP contribution in [0.1, 0.15) is 40.4 Å². The van der Waals surface area contributed by atoms with Crippen molar-refractivity contribution in [1.29, 1.82) is 0 Å². The van der Waals surface area contributed by atoms with Gasteiger partial charge in [0.05, 0.1) is 17.7 Å². The fourth-order valence-corrected chi connectivity index (χ4v) is 3.68. The molecule has 0 saturated carbocycles. The first kappa shape index (κ1) is 14.3. The maximum Gasteiger partial charge on any atom is 0.254 e. The van der Waals surface area contributed by atoms with Crippen molar-refractivity contribution in [2.75, 3.05) is 17.6 Å². The van der Waals surface area contributed by atoms with Crippen LogP contribution in [0.4, 0.5) is 11.5 Å². The third-order valence-corrected chi connectivity index (χ3v) is 4.87. The van der Waals surface area contributed by atoms with E-state index in [0.717, 1.165) is 35.5 Å². The first-order valence-electron chi connectivity index (χ1n) is 8.06. The van der Waals surface area contributed by atoms with Crippen LogP contribution in [0.3, 0.4) is 0 Å². The van der Waals surface area contributed by atoms with Gasteiger partial charge >= 0.3 is 0 Å². The number of anilines is 2. The van der Waals surface area contributed by atoms with Gasteiger partial charge in [0.2, 0.25) is 0 Å². The molecule has 1 unspecified atom stereocenters. The molecule has 4 rings (SSSR count). The Labute approximate surface area is 134 Å². The van der Waals surface area contributed by atoms with Crippen LogP contribution in [0.2, 0.25) is 0 Å². The molecule has 1 aliphatic heterocycles. The largest absolute Gasteiger partial charge is 0.393 e. The molecule has 0 amide bonds. The van der Waals surface area contributed by atoms with Crippen molar-refractivity contribution < 1.29 is 9.90 Å². The number of para-hydroxylation sites is 1. The average molecular weight is 312 g/mol. The van der Waals surface area contributed by atoms with Crippen molar-refractivity contribution in [3.63, 3.8) is 0 Å². The Kier molecular flexibility index (Phi) is 3.34. The summed E-state index contributed by atoms with van der Waals surface area (Å²) in [7, 11) is 0. The number of hydrogen-bond acceptors (Lipinski definition) is 5. The van der Waals surface area contributed by atoms with Gasteiger partial charge in [0.1, 0.15) is 5.82 Å². The molecule has 4 N–H and O–H groups in total. The quantitative estimate of drug-likeness (QED) is 0.743. The number of aromatic nitrogens is 2. The van der Waals surface area contributed by atoms with Crippen LogP contribution in [0, 0.1) is 0 Å². The molecule has 120 valence electrons. The Morgan fingerprint density at radius 2 is 2.17 bits per heavy atom. The highest BCUT2D eigenvalue weighted by atomic mass is 16.3. The van der Waals surface area contributed by atoms with E-state index >= 15 is 0 Å². The maximum atomic E-state index is 13.1. The van der Waals surface area contributed by atoms with E-state index in [2.05, 4.69) is 10.4 Å². The first-order chi connectivity index (χ1) is 11.1. The predicted molar refractivity (Wildman–Crippen MR) is 87.6 cm³/mol. The Hall–Kier alpha value is -2.34. The minimum atomic E-state index is -0.392. The van der Waals surface area contributed by atoms with E-state index < -0.39 is 6.10 Å². The van der Waals surface area contributed by atoms with E-state index in [4.69, 9.17) is 5.73 Å². The highest BCUT2D eigenvalue weighted by molar-refractivity contribution is 5.89. The summed E-state index contributed by atoms with van der Waals surface area (Å²) in [5.74, 6) is 0.139. The lowest BCUT2D eigenvalue weighted by Gasteiger charge is -2.26. The number of nitrogens with one attached hydrogen (secondary N) is 1. The second-order valence-corrected chi connectivity index (χ2v) is 6.31. The maximum absolute atomic E-state index is 13.1. The molecule has 23 heavy (non-hydrogen) atoms.